The average molecular weight is 608 g/mol. The number of unbranched alkanes of at least 4 members (excludes halogenated alkanes) is 21. The number of rotatable bonds is 33. The molecule has 3 atom stereocenters. The molecule has 0 aromatic heterocycles. The Morgan fingerprint density at radius 2 is 1.00 bits per heavy atom. The van der Waals surface area contributed by atoms with E-state index >= 15 is 0 Å². The molecule has 0 saturated heterocycles. The number of aliphatic hydroxyl groups excluding tert-OH is 3. The summed E-state index contributed by atoms with van der Waals surface area (Å²) in [5, 5.41) is 33.5. The largest absolute Gasteiger partial charge is 0.396 e. The summed E-state index contributed by atoms with van der Waals surface area (Å²) in [6.45, 7) is 4.36. The van der Waals surface area contributed by atoms with Crippen LogP contribution in [0, 0.1) is 0 Å². The minimum Gasteiger partial charge on any atom is -0.396 e. The second-order valence-corrected chi connectivity index (χ2v) is 12.8. The van der Waals surface area contributed by atoms with Crippen LogP contribution in [0.3, 0.4) is 0 Å². The van der Waals surface area contributed by atoms with Gasteiger partial charge in [0.15, 0.2) is 0 Å². The van der Waals surface area contributed by atoms with Crippen LogP contribution in [0.5, 0.6) is 0 Å². The third-order valence-electron chi connectivity index (χ3n) is 8.58. The lowest BCUT2D eigenvalue weighted by Crippen LogP contribution is -2.49. The van der Waals surface area contributed by atoms with Crippen molar-refractivity contribution in [1.29, 1.82) is 0 Å². The topological polar surface area (TPSA) is 89.8 Å². The summed E-state index contributed by atoms with van der Waals surface area (Å²) in [4.78, 5) is 12.5. The van der Waals surface area contributed by atoms with Crippen LogP contribution in [-0.4, -0.2) is 46.1 Å². The Morgan fingerprint density at radius 3 is 1.51 bits per heavy atom. The lowest BCUT2D eigenvalue weighted by Gasteiger charge is -2.27. The van der Waals surface area contributed by atoms with Crippen molar-refractivity contribution in [3.05, 3.63) is 24.3 Å². The van der Waals surface area contributed by atoms with E-state index in [4.69, 9.17) is 0 Å². The van der Waals surface area contributed by atoms with Gasteiger partial charge in [-0.05, 0) is 44.9 Å². The molecule has 5 heteroatoms. The van der Waals surface area contributed by atoms with E-state index in [1.54, 1.807) is 0 Å². The van der Waals surface area contributed by atoms with Crippen LogP contribution < -0.4 is 5.32 Å². The summed E-state index contributed by atoms with van der Waals surface area (Å²) in [5.41, 5.74) is 0. The van der Waals surface area contributed by atoms with E-state index in [0.29, 0.717) is 12.8 Å². The van der Waals surface area contributed by atoms with Gasteiger partial charge in [0.1, 0.15) is 6.10 Å². The van der Waals surface area contributed by atoms with E-state index in [9.17, 15) is 20.1 Å². The summed E-state index contributed by atoms with van der Waals surface area (Å²) < 4.78 is 0. The van der Waals surface area contributed by atoms with E-state index < -0.39 is 18.2 Å². The molecular weight excluding hydrogens is 534 g/mol. The van der Waals surface area contributed by atoms with Crippen molar-refractivity contribution in [2.75, 3.05) is 6.61 Å². The van der Waals surface area contributed by atoms with Crippen molar-refractivity contribution >= 4 is 5.91 Å². The molecule has 0 aromatic rings. The van der Waals surface area contributed by atoms with E-state index in [0.717, 1.165) is 38.5 Å². The molecule has 0 radical (unpaired) electrons. The SMILES string of the molecule is CCCCC/C=C\C=C\CCCCCCCCCCC(=O)NC(CCO)C(O)C(O)CCCCCCCCCCCCC. The predicted molar refractivity (Wildman–Crippen MR) is 185 cm³/mol. The Bertz CT molecular complexity index is 635. The highest BCUT2D eigenvalue weighted by Crippen LogP contribution is 2.16. The summed E-state index contributed by atoms with van der Waals surface area (Å²) >= 11 is 0. The number of hydrogen-bond donors (Lipinski definition) is 4. The number of aliphatic hydroxyl groups is 3. The standard InChI is InChI=1S/C38H73NO4/c1-3-5-7-9-11-13-15-16-17-18-19-20-22-24-26-28-30-32-37(42)39-35(33-34-40)38(43)36(41)31-29-27-25-23-21-14-12-10-8-6-4-2/h11,13,15-16,35-36,38,40-41,43H,3-10,12,14,17-34H2,1-2H3,(H,39,42)/b13-11-,16-15+. The quantitative estimate of drug-likeness (QED) is 0.0441. The molecule has 0 saturated carbocycles. The molecule has 0 heterocycles. The Hall–Kier alpha value is -1.17. The van der Waals surface area contributed by atoms with Crippen molar-refractivity contribution in [2.45, 2.75) is 205 Å². The molecule has 0 spiro atoms. The fourth-order valence-electron chi connectivity index (χ4n) is 5.67. The van der Waals surface area contributed by atoms with Gasteiger partial charge in [-0.3, -0.25) is 4.79 Å². The lowest BCUT2D eigenvalue weighted by atomic mass is 9.97. The summed E-state index contributed by atoms with van der Waals surface area (Å²) in [7, 11) is 0. The van der Waals surface area contributed by atoms with Gasteiger partial charge in [0.05, 0.1) is 12.1 Å². The highest BCUT2D eigenvalue weighted by molar-refractivity contribution is 5.76. The maximum absolute atomic E-state index is 12.5. The van der Waals surface area contributed by atoms with Crippen molar-refractivity contribution in [3.63, 3.8) is 0 Å². The highest BCUT2D eigenvalue weighted by atomic mass is 16.3. The molecule has 0 aliphatic rings. The minimum absolute atomic E-state index is 0.0942. The van der Waals surface area contributed by atoms with Gasteiger partial charge in [-0.1, -0.05) is 160 Å². The number of allylic oxidation sites excluding steroid dienone is 4. The third kappa shape index (κ3) is 29.3. The van der Waals surface area contributed by atoms with Crippen molar-refractivity contribution in [3.8, 4) is 0 Å². The summed E-state index contributed by atoms with van der Waals surface area (Å²) in [6, 6.07) is -0.600. The van der Waals surface area contributed by atoms with Crippen LogP contribution in [0.4, 0.5) is 0 Å². The molecule has 0 bridgehead atoms. The molecule has 3 unspecified atom stereocenters. The van der Waals surface area contributed by atoms with Crippen molar-refractivity contribution in [2.24, 2.45) is 0 Å². The van der Waals surface area contributed by atoms with Crippen LogP contribution in [0.2, 0.25) is 0 Å². The zero-order valence-corrected chi connectivity index (χ0v) is 28.6. The van der Waals surface area contributed by atoms with Crippen LogP contribution >= 0.6 is 0 Å². The maximum Gasteiger partial charge on any atom is 0.220 e. The minimum atomic E-state index is -1.04. The normalized spacial score (nSPS) is 14.1. The molecule has 254 valence electrons. The van der Waals surface area contributed by atoms with Crippen LogP contribution in [0.1, 0.15) is 187 Å². The van der Waals surface area contributed by atoms with Gasteiger partial charge in [0, 0.05) is 13.0 Å². The average Bonchev–Trinajstić information content (AvgIpc) is 3.00. The fourth-order valence-corrected chi connectivity index (χ4v) is 5.67. The van der Waals surface area contributed by atoms with E-state index in [-0.39, 0.29) is 18.9 Å². The Balaban J connectivity index is 3.81. The molecule has 0 aliphatic heterocycles. The van der Waals surface area contributed by atoms with Gasteiger partial charge < -0.3 is 20.6 Å². The molecule has 43 heavy (non-hydrogen) atoms. The van der Waals surface area contributed by atoms with Crippen LogP contribution in [0.25, 0.3) is 0 Å². The first-order chi connectivity index (χ1) is 21.1. The Kier molecular flexibility index (Phi) is 32.8. The highest BCUT2D eigenvalue weighted by Gasteiger charge is 2.27. The first kappa shape index (κ1) is 41.8. The number of amides is 1. The maximum atomic E-state index is 12.5. The number of carbonyl (C=O) groups is 1. The van der Waals surface area contributed by atoms with Gasteiger partial charge in [-0.25, -0.2) is 0 Å². The van der Waals surface area contributed by atoms with Gasteiger partial charge in [-0.15, -0.1) is 0 Å². The molecule has 0 fully saturated rings. The Labute approximate surface area is 267 Å². The lowest BCUT2D eigenvalue weighted by molar-refractivity contribution is -0.123. The second kappa shape index (κ2) is 33.7. The second-order valence-electron chi connectivity index (χ2n) is 12.8. The van der Waals surface area contributed by atoms with E-state index in [1.807, 2.05) is 0 Å². The fraction of sp³-hybridized carbons (Fsp3) is 0.868. The molecular formula is C38H73NO4. The summed E-state index contributed by atoms with van der Waals surface area (Å²) in [6.07, 6.45) is 37.5. The van der Waals surface area contributed by atoms with Gasteiger partial charge in [0.2, 0.25) is 5.91 Å². The van der Waals surface area contributed by atoms with E-state index in [1.165, 1.54) is 116 Å². The number of carbonyl (C=O) groups excluding carboxylic acids is 1. The zero-order valence-electron chi connectivity index (χ0n) is 28.6. The Morgan fingerprint density at radius 1 is 0.581 bits per heavy atom. The smallest absolute Gasteiger partial charge is 0.220 e. The molecule has 0 aliphatic carbocycles. The van der Waals surface area contributed by atoms with Crippen molar-refractivity contribution in [1.82, 2.24) is 5.32 Å². The predicted octanol–water partition coefficient (Wildman–Crippen LogP) is 9.87. The van der Waals surface area contributed by atoms with Gasteiger partial charge in [-0.2, -0.15) is 0 Å². The first-order valence-electron chi connectivity index (χ1n) is 18.6. The molecule has 5 nitrogen and oxygen atoms in total. The molecule has 0 rings (SSSR count). The molecule has 1 amide bonds. The molecule has 4 N–H and O–H groups in total. The van der Waals surface area contributed by atoms with E-state index in [2.05, 4.69) is 43.5 Å². The van der Waals surface area contributed by atoms with Crippen LogP contribution in [-0.2, 0) is 4.79 Å². The van der Waals surface area contributed by atoms with Gasteiger partial charge in [0.25, 0.3) is 0 Å². The van der Waals surface area contributed by atoms with Gasteiger partial charge >= 0.3 is 0 Å². The number of hydrogen-bond acceptors (Lipinski definition) is 4. The van der Waals surface area contributed by atoms with Crippen LogP contribution in [0.15, 0.2) is 24.3 Å². The monoisotopic (exact) mass is 608 g/mol. The summed E-state index contributed by atoms with van der Waals surface area (Å²) in [5.74, 6) is -0.0942. The third-order valence-corrected chi connectivity index (χ3v) is 8.58. The zero-order chi connectivity index (χ0) is 31.6. The number of nitrogens with one attached hydrogen (secondary N) is 1. The van der Waals surface area contributed by atoms with Crippen molar-refractivity contribution < 1.29 is 20.1 Å². The first-order valence-corrected chi connectivity index (χ1v) is 18.6. The molecule has 0 aromatic carbocycles.